The maximum atomic E-state index is 12.2. The van der Waals surface area contributed by atoms with E-state index in [1.165, 1.54) is 18.2 Å². The van der Waals surface area contributed by atoms with Gasteiger partial charge in [-0.15, -0.1) is 0 Å². The van der Waals surface area contributed by atoms with Crippen molar-refractivity contribution in [1.29, 1.82) is 0 Å². The third-order valence-electron chi connectivity index (χ3n) is 4.10. The fraction of sp³-hybridized carbons (Fsp3) is 0.278. The first-order valence-corrected chi connectivity index (χ1v) is 8.27. The molecule has 2 aromatic carbocycles. The summed E-state index contributed by atoms with van der Waals surface area (Å²) in [5.41, 5.74) is 7.47. The summed E-state index contributed by atoms with van der Waals surface area (Å²) < 4.78 is 36.7. The van der Waals surface area contributed by atoms with Crippen molar-refractivity contribution in [1.82, 2.24) is 5.32 Å². The van der Waals surface area contributed by atoms with Crippen molar-refractivity contribution >= 4 is 29.4 Å². The van der Waals surface area contributed by atoms with Crippen LogP contribution in [0.15, 0.2) is 36.4 Å². The highest BCUT2D eigenvalue weighted by Crippen LogP contribution is 2.37. The molecule has 1 atom stereocenters. The topological polar surface area (TPSA) is 67.1 Å². The molecule has 0 fully saturated rings. The molecule has 1 aliphatic carbocycles. The lowest BCUT2D eigenvalue weighted by atomic mass is 10.1. The lowest BCUT2D eigenvalue weighted by molar-refractivity contribution is -0.137. The van der Waals surface area contributed by atoms with Crippen LogP contribution in [-0.2, 0) is 17.4 Å². The van der Waals surface area contributed by atoms with Gasteiger partial charge in [0.25, 0.3) is 0 Å². The van der Waals surface area contributed by atoms with Crippen LogP contribution in [0.1, 0.15) is 29.2 Å². The molecule has 4 nitrogen and oxygen atoms in total. The number of nitrogens with one attached hydrogen (secondary N) is 2. The van der Waals surface area contributed by atoms with Gasteiger partial charge in [-0.25, -0.2) is 0 Å². The van der Waals surface area contributed by atoms with Crippen LogP contribution in [0.2, 0.25) is 5.02 Å². The number of hydrogen-bond acceptors (Lipinski definition) is 3. The standard InChI is InChI=1S/C10H11NO.C8H8ClF3N2/c12-7-11-10-6-5-8-3-1-2-4-9(8)10;1-14-7-5(9)2-4(3-6(7)13)8(10,11)12/h1-4,7,10H,5-6H2,(H,11,12);2-3,14H,13H2,1H3/t10-;/m0./s1. The molecule has 0 bridgehead atoms. The van der Waals surface area contributed by atoms with E-state index < -0.39 is 11.7 Å². The SMILES string of the molecule is CNc1c(N)cc(C(F)(F)F)cc1Cl.O=CN[C@H]1CCc2ccccc21. The molecule has 3 rings (SSSR count). The summed E-state index contributed by atoms with van der Waals surface area (Å²) >= 11 is 5.60. The Morgan fingerprint density at radius 2 is 1.96 bits per heavy atom. The number of fused-ring (bicyclic) bond motifs is 1. The number of nitrogen functional groups attached to an aromatic ring is 1. The number of amides is 1. The molecule has 0 saturated carbocycles. The minimum Gasteiger partial charge on any atom is -0.397 e. The van der Waals surface area contributed by atoms with Gasteiger partial charge in [0.15, 0.2) is 0 Å². The number of benzene rings is 2. The molecule has 2 aromatic rings. The smallest absolute Gasteiger partial charge is 0.397 e. The summed E-state index contributed by atoms with van der Waals surface area (Å²) in [6.07, 6.45) is -1.52. The summed E-state index contributed by atoms with van der Waals surface area (Å²) in [5, 5.41) is 5.40. The molecule has 0 heterocycles. The molecule has 0 radical (unpaired) electrons. The minimum atomic E-state index is -4.43. The zero-order valence-electron chi connectivity index (χ0n) is 14.0. The monoisotopic (exact) mass is 385 g/mol. The number of carbonyl (C=O) groups is 1. The molecule has 1 amide bonds. The average Bonchev–Trinajstić information content (AvgIpc) is 2.98. The molecule has 0 spiro atoms. The van der Waals surface area contributed by atoms with Crippen molar-refractivity contribution in [3.05, 3.63) is 58.1 Å². The number of nitrogens with two attached hydrogens (primary N) is 1. The summed E-state index contributed by atoms with van der Waals surface area (Å²) in [4.78, 5) is 10.3. The fourth-order valence-electron chi connectivity index (χ4n) is 2.87. The number of halogens is 4. The van der Waals surface area contributed by atoms with Gasteiger partial charge in [0.1, 0.15) is 0 Å². The molecule has 0 saturated heterocycles. The van der Waals surface area contributed by atoms with Crippen molar-refractivity contribution in [3.63, 3.8) is 0 Å². The predicted molar refractivity (Wildman–Crippen MR) is 97.1 cm³/mol. The van der Waals surface area contributed by atoms with E-state index in [1.807, 2.05) is 12.1 Å². The Bertz CT molecular complexity index is 758. The van der Waals surface area contributed by atoms with Gasteiger partial charge in [-0.1, -0.05) is 35.9 Å². The predicted octanol–water partition coefficient (Wildman–Crippen LogP) is 4.40. The van der Waals surface area contributed by atoms with Crippen LogP contribution in [0, 0.1) is 0 Å². The Morgan fingerprint density at radius 3 is 2.54 bits per heavy atom. The zero-order valence-corrected chi connectivity index (χ0v) is 14.8. The van der Waals surface area contributed by atoms with Gasteiger partial charge in [0.2, 0.25) is 6.41 Å². The Kier molecular flexibility index (Phi) is 6.37. The normalized spacial score (nSPS) is 15.5. The van der Waals surface area contributed by atoms with E-state index in [1.54, 1.807) is 0 Å². The molecule has 0 aromatic heterocycles. The Balaban J connectivity index is 0.000000189. The average molecular weight is 386 g/mol. The van der Waals surface area contributed by atoms with Crippen LogP contribution < -0.4 is 16.4 Å². The summed E-state index contributed by atoms with van der Waals surface area (Å²) in [6, 6.07) is 10.2. The second-order valence-corrected chi connectivity index (χ2v) is 6.15. The Morgan fingerprint density at radius 1 is 1.27 bits per heavy atom. The van der Waals surface area contributed by atoms with Gasteiger partial charge >= 0.3 is 6.18 Å². The van der Waals surface area contributed by atoms with Crippen LogP contribution in [0.4, 0.5) is 24.5 Å². The van der Waals surface area contributed by atoms with E-state index >= 15 is 0 Å². The molecular formula is C18H19ClF3N3O. The lowest BCUT2D eigenvalue weighted by Gasteiger charge is -2.12. The zero-order chi connectivity index (χ0) is 19.3. The Labute approximate surface area is 154 Å². The summed E-state index contributed by atoms with van der Waals surface area (Å²) in [5.74, 6) is 0. The van der Waals surface area contributed by atoms with Gasteiger partial charge in [-0.3, -0.25) is 4.79 Å². The van der Waals surface area contributed by atoms with Gasteiger partial charge < -0.3 is 16.4 Å². The van der Waals surface area contributed by atoms with E-state index in [0.29, 0.717) is 5.69 Å². The number of anilines is 2. The van der Waals surface area contributed by atoms with E-state index in [2.05, 4.69) is 22.8 Å². The quantitative estimate of drug-likeness (QED) is 0.541. The lowest BCUT2D eigenvalue weighted by Crippen LogP contribution is -2.16. The first-order chi connectivity index (χ1) is 12.3. The largest absolute Gasteiger partial charge is 0.416 e. The van der Waals surface area contributed by atoms with Gasteiger partial charge in [-0.05, 0) is 36.1 Å². The fourth-order valence-corrected chi connectivity index (χ4v) is 3.19. The van der Waals surface area contributed by atoms with Crippen molar-refractivity contribution < 1.29 is 18.0 Å². The molecule has 4 N–H and O–H groups in total. The highest BCUT2D eigenvalue weighted by molar-refractivity contribution is 6.34. The Hall–Kier alpha value is -2.41. The summed E-state index contributed by atoms with van der Waals surface area (Å²) in [7, 11) is 1.53. The van der Waals surface area contributed by atoms with Crippen molar-refractivity contribution in [2.45, 2.75) is 25.1 Å². The second-order valence-electron chi connectivity index (χ2n) is 5.74. The molecule has 1 aliphatic rings. The maximum Gasteiger partial charge on any atom is 0.416 e. The van der Waals surface area contributed by atoms with E-state index in [9.17, 15) is 18.0 Å². The van der Waals surface area contributed by atoms with E-state index in [4.69, 9.17) is 17.3 Å². The molecule has 8 heteroatoms. The highest BCUT2D eigenvalue weighted by Gasteiger charge is 2.31. The van der Waals surface area contributed by atoms with Crippen LogP contribution in [0.3, 0.4) is 0 Å². The van der Waals surface area contributed by atoms with E-state index in [0.717, 1.165) is 31.4 Å². The number of alkyl halides is 3. The maximum absolute atomic E-state index is 12.2. The van der Waals surface area contributed by atoms with Gasteiger partial charge in [-0.2, -0.15) is 13.2 Å². The number of carbonyl (C=O) groups excluding carboxylic acids is 1. The third-order valence-corrected chi connectivity index (χ3v) is 4.40. The van der Waals surface area contributed by atoms with Gasteiger partial charge in [0, 0.05) is 7.05 Å². The van der Waals surface area contributed by atoms with Crippen LogP contribution in [0.5, 0.6) is 0 Å². The summed E-state index contributed by atoms with van der Waals surface area (Å²) in [6.45, 7) is 0. The molecule has 0 unspecified atom stereocenters. The molecule has 26 heavy (non-hydrogen) atoms. The van der Waals surface area contributed by atoms with Crippen LogP contribution in [0.25, 0.3) is 0 Å². The number of aryl methyl sites for hydroxylation is 1. The molecule has 0 aliphatic heterocycles. The molecule has 140 valence electrons. The van der Waals surface area contributed by atoms with Crippen molar-refractivity contribution in [2.75, 3.05) is 18.1 Å². The third kappa shape index (κ3) is 4.60. The second kappa shape index (κ2) is 8.31. The van der Waals surface area contributed by atoms with E-state index in [-0.39, 0.29) is 16.8 Å². The first-order valence-electron chi connectivity index (χ1n) is 7.89. The van der Waals surface area contributed by atoms with Crippen LogP contribution in [-0.4, -0.2) is 13.5 Å². The first kappa shape index (κ1) is 19.9. The highest BCUT2D eigenvalue weighted by atomic mass is 35.5. The number of hydrogen-bond donors (Lipinski definition) is 3. The van der Waals surface area contributed by atoms with Crippen LogP contribution >= 0.6 is 11.6 Å². The minimum absolute atomic E-state index is 0.0210. The number of rotatable bonds is 3. The van der Waals surface area contributed by atoms with Crippen molar-refractivity contribution in [3.8, 4) is 0 Å². The van der Waals surface area contributed by atoms with Crippen molar-refractivity contribution in [2.24, 2.45) is 0 Å². The van der Waals surface area contributed by atoms with Gasteiger partial charge in [0.05, 0.1) is 28.0 Å². The molecular weight excluding hydrogens is 367 g/mol.